The van der Waals surface area contributed by atoms with E-state index in [2.05, 4.69) is 4.98 Å². The molecule has 6 nitrogen and oxygen atoms in total. The van der Waals surface area contributed by atoms with Gasteiger partial charge in [0, 0.05) is 18.7 Å². The summed E-state index contributed by atoms with van der Waals surface area (Å²) in [5.41, 5.74) is -0.931. The lowest BCUT2D eigenvalue weighted by Crippen LogP contribution is -2.30. The summed E-state index contributed by atoms with van der Waals surface area (Å²) in [6.07, 6.45) is 1.17. The molecule has 3 atom stereocenters. The Morgan fingerprint density at radius 1 is 1.56 bits per heavy atom. The molecule has 1 aromatic heterocycles. The van der Waals surface area contributed by atoms with Crippen molar-refractivity contribution in [3.63, 3.8) is 0 Å². The number of aliphatic hydroxyl groups excluding tert-OH is 2. The zero-order chi connectivity index (χ0) is 11.7. The predicted molar refractivity (Wildman–Crippen MR) is 59.4 cm³/mol. The van der Waals surface area contributed by atoms with Crippen molar-refractivity contribution in [3.8, 4) is 0 Å². The molecule has 0 bridgehead atoms. The van der Waals surface area contributed by atoms with E-state index in [1.165, 1.54) is 28.6 Å². The average Bonchev–Trinajstić information content (AvgIpc) is 2.59. The first-order valence-corrected chi connectivity index (χ1v) is 5.82. The van der Waals surface area contributed by atoms with Crippen LogP contribution >= 0.6 is 11.8 Å². The van der Waals surface area contributed by atoms with E-state index in [-0.39, 0.29) is 17.2 Å². The number of nitrogens with zero attached hydrogens (tertiary/aromatic N) is 1. The number of aromatic amines is 1. The molecule has 0 aliphatic carbocycles. The highest BCUT2D eigenvalue weighted by Crippen LogP contribution is 2.40. The number of aliphatic hydroxyl groups is 2. The van der Waals surface area contributed by atoms with Gasteiger partial charge in [0.2, 0.25) is 0 Å². The number of nitrogens with one attached hydrogen (secondary N) is 1. The molecule has 88 valence electrons. The van der Waals surface area contributed by atoms with Gasteiger partial charge in [0.05, 0.1) is 23.3 Å². The minimum absolute atomic E-state index is 0.125. The lowest BCUT2D eigenvalue weighted by Gasteiger charge is -2.11. The third-order valence-electron chi connectivity index (χ3n) is 2.55. The van der Waals surface area contributed by atoms with Gasteiger partial charge < -0.3 is 10.2 Å². The van der Waals surface area contributed by atoms with Crippen LogP contribution in [0.5, 0.6) is 0 Å². The highest BCUT2D eigenvalue weighted by molar-refractivity contribution is 8.00. The third-order valence-corrected chi connectivity index (χ3v) is 4.09. The largest absolute Gasteiger partial charge is 0.395 e. The number of thioether (sulfide) groups is 1. The fourth-order valence-corrected chi connectivity index (χ4v) is 3.09. The highest BCUT2D eigenvalue weighted by atomic mass is 32.2. The summed E-state index contributed by atoms with van der Waals surface area (Å²) in [6.45, 7) is -0.125. The molecule has 0 radical (unpaired) electrons. The van der Waals surface area contributed by atoms with Crippen molar-refractivity contribution in [3.05, 3.63) is 33.1 Å². The monoisotopic (exact) mass is 244 g/mol. The molecule has 1 aliphatic rings. The topological polar surface area (TPSA) is 95.3 Å². The zero-order valence-corrected chi connectivity index (χ0v) is 9.18. The fraction of sp³-hybridized carbons (Fsp3) is 0.556. The molecular weight excluding hydrogens is 232 g/mol. The maximum Gasteiger partial charge on any atom is 0.329 e. The van der Waals surface area contributed by atoms with Crippen LogP contribution in [0.15, 0.2) is 21.9 Å². The first kappa shape index (κ1) is 11.4. The molecule has 3 N–H and O–H groups in total. The van der Waals surface area contributed by atoms with Crippen molar-refractivity contribution in [2.75, 3.05) is 6.61 Å². The van der Waals surface area contributed by atoms with Gasteiger partial charge in [-0.25, -0.2) is 4.79 Å². The van der Waals surface area contributed by atoms with E-state index in [0.717, 1.165) is 0 Å². The Kier molecular flexibility index (Phi) is 3.17. The summed E-state index contributed by atoms with van der Waals surface area (Å²) < 4.78 is 1.37. The van der Waals surface area contributed by atoms with Gasteiger partial charge in [-0.2, -0.15) is 0 Å². The Hall–Kier alpha value is -1.05. The second kappa shape index (κ2) is 4.44. The van der Waals surface area contributed by atoms with Gasteiger partial charge in [-0.15, -0.1) is 11.8 Å². The maximum atomic E-state index is 11.5. The molecule has 0 unspecified atom stereocenters. The van der Waals surface area contributed by atoms with Crippen molar-refractivity contribution in [1.82, 2.24) is 9.55 Å². The zero-order valence-electron chi connectivity index (χ0n) is 8.37. The molecule has 16 heavy (non-hydrogen) atoms. The van der Waals surface area contributed by atoms with E-state index >= 15 is 0 Å². The second-order valence-corrected chi connectivity index (χ2v) is 5.05. The molecule has 1 saturated heterocycles. The van der Waals surface area contributed by atoms with E-state index in [9.17, 15) is 14.7 Å². The number of aromatic nitrogens is 2. The van der Waals surface area contributed by atoms with E-state index in [4.69, 9.17) is 5.11 Å². The van der Waals surface area contributed by atoms with Gasteiger partial charge in [-0.1, -0.05) is 0 Å². The van der Waals surface area contributed by atoms with Crippen LogP contribution in [0.3, 0.4) is 0 Å². The average molecular weight is 244 g/mol. The van der Waals surface area contributed by atoms with Gasteiger partial charge in [-0.3, -0.25) is 14.3 Å². The summed E-state index contributed by atoms with van der Waals surface area (Å²) in [5.74, 6) is 0. The number of hydrogen-bond donors (Lipinski definition) is 3. The maximum absolute atomic E-state index is 11.5. The summed E-state index contributed by atoms with van der Waals surface area (Å²) >= 11 is 1.33. The highest BCUT2D eigenvalue weighted by Gasteiger charge is 2.34. The second-order valence-electron chi connectivity index (χ2n) is 3.63. The summed E-state index contributed by atoms with van der Waals surface area (Å²) in [5, 5.41) is 18.1. The minimum atomic E-state index is -0.626. The number of hydrogen-bond acceptors (Lipinski definition) is 5. The Balaban J connectivity index is 2.27. The van der Waals surface area contributed by atoms with Crippen molar-refractivity contribution in [2.24, 2.45) is 0 Å². The molecule has 0 amide bonds. The van der Waals surface area contributed by atoms with Crippen LogP contribution in [-0.4, -0.2) is 37.7 Å². The lowest BCUT2D eigenvalue weighted by atomic mass is 10.2. The summed E-state index contributed by atoms with van der Waals surface area (Å²) in [4.78, 5) is 24.5. The first-order valence-electron chi connectivity index (χ1n) is 4.87. The fourth-order valence-electron chi connectivity index (χ4n) is 1.70. The van der Waals surface area contributed by atoms with E-state index in [0.29, 0.717) is 6.42 Å². The van der Waals surface area contributed by atoms with Gasteiger partial charge in [0.15, 0.2) is 0 Å². The molecule has 0 aromatic carbocycles. The van der Waals surface area contributed by atoms with Crippen LogP contribution in [0.2, 0.25) is 0 Å². The van der Waals surface area contributed by atoms with Crippen LogP contribution in [0.4, 0.5) is 0 Å². The van der Waals surface area contributed by atoms with Crippen LogP contribution < -0.4 is 11.2 Å². The van der Waals surface area contributed by atoms with Crippen LogP contribution in [0.25, 0.3) is 0 Å². The van der Waals surface area contributed by atoms with Crippen molar-refractivity contribution >= 4 is 11.8 Å². The molecule has 7 heteroatoms. The van der Waals surface area contributed by atoms with Gasteiger partial charge in [-0.05, 0) is 0 Å². The standard InChI is InChI=1S/C9H12N2O4S/c12-4-6-5(13)3-8(16-6)11-2-1-7(14)10-9(11)15/h1-2,5-6,8,12-13H,3-4H2,(H,10,14,15)/t5-,6+,8-/m0/s1. The lowest BCUT2D eigenvalue weighted by molar-refractivity contribution is 0.137. The van der Waals surface area contributed by atoms with Crippen molar-refractivity contribution in [1.29, 1.82) is 0 Å². The normalized spacial score (nSPS) is 29.5. The van der Waals surface area contributed by atoms with E-state index in [1.807, 2.05) is 0 Å². The van der Waals surface area contributed by atoms with Crippen LogP contribution in [0, 0.1) is 0 Å². The van der Waals surface area contributed by atoms with Gasteiger partial charge in [0.1, 0.15) is 0 Å². The Morgan fingerprint density at radius 3 is 2.88 bits per heavy atom. The molecule has 0 saturated carbocycles. The smallest absolute Gasteiger partial charge is 0.329 e. The minimum Gasteiger partial charge on any atom is -0.395 e. The predicted octanol–water partition coefficient (Wildman–Crippen LogP) is -1.11. The van der Waals surface area contributed by atoms with Crippen molar-refractivity contribution < 1.29 is 10.2 Å². The van der Waals surface area contributed by atoms with Gasteiger partial charge >= 0.3 is 5.69 Å². The summed E-state index contributed by atoms with van der Waals surface area (Å²) in [6, 6.07) is 1.26. The molecule has 2 rings (SSSR count). The molecule has 1 aromatic rings. The van der Waals surface area contributed by atoms with Gasteiger partial charge in [0.25, 0.3) is 5.56 Å². The van der Waals surface area contributed by atoms with E-state index < -0.39 is 17.4 Å². The molecule has 1 fully saturated rings. The first-order chi connectivity index (χ1) is 7.61. The SMILES string of the molecule is O=c1ccn([C@@H]2C[C@H](O)[C@@H](CO)S2)c(=O)[nH]1. The van der Waals surface area contributed by atoms with Crippen LogP contribution in [0.1, 0.15) is 11.8 Å². The van der Waals surface area contributed by atoms with Crippen molar-refractivity contribution in [2.45, 2.75) is 23.1 Å². The Labute approximate surface area is 94.9 Å². The molecule has 1 aliphatic heterocycles. The van der Waals surface area contributed by atoms with E-state index in [1.54, 1.807) is 0 Å². The number of rotatable bonds is 2. The Bertz CT molecular complexity index is 483. The number of H-pyrrole nitrogens is 1. The molecule has 2 heterocycles. The molecule has 0 spiro atoms. The quantitative estimate of drug-likeness (QED) is 0.613. The summed E-state index contributed by atoms with van der Waals surface area (Å²) in [7, 11) is 0. The molecular formula is C9H12N2O4S. The third kappa shape index (κ3) is 2.06. The Morgan fingerprint density at radius 2 is 2.31 bits per heavy atom. The van der Waals surface area contributed by atoms with Crippen LogP contribution in [-0.2, 0) is 0 Å².